The van der Waals surface area contributed by atoms with Crippen LogP contribution in [0.25, 0.3) is 0 Å². The lowest BCUT2D eigenvalue weighted by molar-refractivity contribution is 0.583. The number of halogens is 2. The summed E-state index contributed by atoms with van der Waals surface area (Å²) in [5.41, 5.74) is 1.08. The summed E-state index contributed by atoms with van der Waals surface area (Å²) in [4.78, 5) is 4.05. The predicted molar refractivity (Wildman–Crippen MR) is 94.5 cm³/mol. The molecule has 0 N–H and O–H groups in total. The molecule has 1 aromatic heterocycles. The van der Waals surface area contributed by atoms with E-state index in [0.717, 1.165) is 11.3 Å². The number of rotatable bonds is 3. The van der Waals surface area contributed by atoms with Crippen LogP contribution in [0.1, 0.15) is 23.8 Å². The Labute approximate surface area is 148 Å². The van der Waals surface area contributed by atoms with Gasteiger partial charge >= 0.3 is 0 Å². The molecule has 0 radical (unpaired) electrons. The summed E-state index contributed by atoms with van der Waals surface area (Å²) in [6.45, 7) is 2.11. The molecule has 1 aliphatic heterocycles. The highest BCUT2D eigenvalue weighted by Gasteiger charge is 2.45. The van der Waals surface area contributed by atoms with Crippen LogP contribution >= 0.6 is 46.7 Å². The molecule has 3 nitrogen and oxygen atoms in total. The molecule has 1 aromatic carbocycles. The number of hydrogen-bond donors (Lipinski definition) is 0. The van der Waals surface area contributed by atoms with E-state index in [1.807, 2.05) is 22.9 Å². The van der Waals surface area contributed by atoms with Crippen molar-refractivity contribution in [2.75, 3.05) is 5.75 Å². The van der Waals surface area contributed by atoms with E-state index in [2.05, 4.69) is 18.0 Å². The fraction of sp³-hybridized carbons (Fsp3) is 0.333. The molecule has 114 valence electrons. The van der Waals surface area contributed by atoms with Crippen LogP contribution in [0, 0.1) is 11.3 Å². The van der Waals surface area contributed by atoms with E-state index in [0.29, 0.717) is 10.0 Å². The summed E-state index contributed by atoms with van der Waals surface area (Å²) in [5.74, 6) is 0.912. The summed E-state index contributed by atoms with van der Waals surface area (Å²) in [6.07, 6.45) is 5.23. The first-order chi connectivity index (χ1) is 10.5. The molecule has 2 aromatic rings. The number of benzene rings is 1. The number of thioether (sulfide) groups is 2. The zero-order chi connectivity index (χ0) is 15.7. The van der Waals surface area contributed by atoms with E-state index in [9.17, 15) is 5.26 Å². The van der Waals surface area contributed by atoms with Gasteiger partial charge in [0.05, 0.1) is 16.5 Å². The van der Waals surface area contributed by atoms with Gasteiger partial charge in [-0.05, 0) is 24.6 Å². The van der Waals surface area contributed by atoms with Crippen LogP contribution in [-0.2, 0) is 0 Å². The second-order valence-electron chi connectivity index (χ2n) is 5.14. The third-order valence-corrected chi connectivity index (χ3v) is 7.76. The molecule has 0 spiro atoms. The summed E-state index contributed by atoms with van der Waals surface area (Å²) in [5, 5.41) is 11.2. The standard InChI is InChI=1S/C15H13Cl2N3S2/c1-15(14(7-18)20-5-4-19-9-20)21-8-13(22-15)11-3-2-10(16)6-12(11)17/h2-6,9,13-14H,8H2,1H3. The third-order valence-electron chi connectivity index (χ3n) is 3.65. The highest BCUT2D eigenvalue weighted by molar-refractivity contribution is 8.21. The minimum Gasteiger partial charge on any atom is -0.319 e. The summed E-state index contributed by atoms with van der Waals surface area (Å²) < 4.78 is 1.62. The van der Waals surface area contributed by atoms with E-state index < -0.39 is 0 Å². The zero-order valence-corrected chi connectivity index (χ0v) is 14.9. The van der Waals surface area contributed by atoms with Gasteiger partial charge in [-0.15, -0.1) is 23.5 Å². The molecule has 3 atom stereocenters. The SMILES string of the molecule is CC1(C(C#N)n2ccnc2)SCC(c2ccc(Cl)cc2Cl)S1. The first-order valence-corrected chi connectivity index (χ1v) is 9.29. The van der Waals surface area contributed by atoms with Gasteiger partial charge in [0.15, 0.2) is 0 Å². The monoisotopic (exact) mass is 369 g/mol. The van der Waals surface area contributed by atoms with E-state index >= 15 is 0 Å². The van der Waals surface area contributed by atoms with Crippen molar-refractivity contribution in [2.45, 2.75) is 22.3 Å². The Kier molecular flexibility index (Phi) is 4.65. The Hall–Kier alpha value is -0.800. The minimum atomic E-state index is -0.277. The first kappa shape index (κ1) is 16.1. The quantitative estimate of drug-likeness (QED) is 0.745. The maximum absolute atomic E-state index is 9.60. The van der Waals surface area contributed by atoms with Gasteiger partial charge in [-0.3, -0.25) is 0 Å². The molecule has 0 saturated carbocycles. The molecule has 0 bridgehead atoms. The number of nitrogens with zero attached hydrogens (tertiary/aromatic N) is 3. The van der Waals surface area contributed by atoms with Crippen LogP contribution in [0.15, 0.2) is 36.9 Å². The maximum atomic E-state index is 9.60. The number of nitriles is 1. The van der Waals surface area contributed by atoms with Gasteiger partial charge in [0, 0.05) is 33.4 Å². The summed E-state index contributed by atoms with van der Waals surface area (Å²) >= 11 is 15.9. The molecule has 22 heavy (non-hydrogen) atoms. The second kappa shape index (κ2) is 6.37. The van der Waals surface area contributed by atoms with Crippen molar-refractivity contribution in [1.29, 1.82) is 5.26 Å². The Morgan fingerprint density at radius 1 is 1.50 bits per heavy atom. The van der Waals surface area contributed by atoms with Crippen LogP contribution in [-0.4, -0.2) is 19.4 Å². The lowest BCUT2D eigenvalue weighted by Gasteiger charge is -2.28. The van der Waals surface area contributed by atoms with E-state index in [1.165, 1.54) is 0 Å². The summed E-state index contributed by atoms with van der Waals surface area (Å²) in [7, 11) is 0. The lowest BCUT2D eigenvalue weighted by Crippen LogP contribution is -2.26. The molecular weight excluding hydrogens is 357 g/mol. The Balaban J connectivity index is 1.85. The molecule has 3 rings (SSSR count). The smallest absolute Gasteiger partial charge is 0.145 e. The van der Waals surface area contributed by atoms with Crippen molar-refractivity contribution in [2.24, 2.45) is 0 Å². The van der Waals surface area contributed by atoms with Gasteiger partial charge in [0.1, 0.15) is 6.04 Å². The van der Waals surface area contributed by atoms with Gasteiger partial charge in [-0.25, -0.2) is 4.98 Å². The fourth-order valence-corrected chi connectivity index (χ4v) is 6.63. The van der Waals surface area contributed by atoms with Crippen molar-refractivity contribution in [3.8, 4) is 6.07 Å². The van der Waals surface area contributed by atoms with Crippen LogP contribution in [0.3, 0.4) is 0 Å². The van der Waals surface area contributed by atoms with Gasteiger partial charge in [0.25, 0.3) is 0 Å². The van der Waals surface area contributed by atoms with Crippen molar-refractivity contribution in [3.05, 3.63) is 52.5 Å². The van der Waals surface area contributed by atoms with E-state index in [4.69, 9.17) is 23.2 Å². The molecule has 2 heterocycles. The lowest BCUT2D eigenvalue weighted by atomic mass is 10.2. The Bertz CT molecular complexity index is 714. The van der Waals surface area contributed by atoms with Crippen molar-refractivity contribution >= 4 is 46.7 Å². The third kappa shape index (κ3) is 2.98. The Morgan fingerprint density at radius 2 is 2.32 bits per heavy atom. The van der Waals surface area contributed by atoms with Gasteiger partial charge in [-0.2, -0.15) is 5.26 Å². The molecular formula is C15H13Cl2N3S2. The van der Waals surface area contributed by atoms with Crippen LogP contribution in [0.2, 0.25) is 10.0 Å². The molecule has 0 aliphatic carbocycles. The zero-order valence-electron chi connectivity index (χ0n) is 11.7. The van der Waals surface area contributed by atoms with E-state index in [1.54, 1.807) is 42.1 Å². The molecule has 1 fully saturated rings. The van der Waals surface area contributed by atoms with Crippen LogP contribution in [0.4, 0.5) is 0 Å². The molecule has 3 unspecified atom stereocenters. The number of aromatic nitrogens is 2. The van der Waals surface area contributed by atoms with Crippen molar-refractivity contribution in [1.82, 2.24) is 9.55 Å². The van der Waals surface area contributed by atoms with Crippen molar-refractivity contribution in [3.63, 3.8) is 0 Å². The normalized spacial score (nSPS) is 25.8. The van der Waals surface area contributed by atoms with Crippen LogP contribution in [0.5, 0.6) is 0 Å². The second-order valence-corrected chi connectivity index (χ2v) is 9.37. The van der Waals surface area contributed by atoms with Gasteiger partial charge in [0.2, 0.25) is 0 Å². The average molecular weight is 370 g/mol. The largest absolute Gasteiger partial charge is 0.319 e. The minimum absolute atomic E-state index is 0.247. The highest BCUT2D eigenvalue weighted by atomic mass is 35.5. The van der Waals surface area contributed by atoms with Gasteiger partial charge in [-0.1, -0.05) is 29.3 Å². The average Bonchev–Trinajstić information content (AvgIpc) is 3.11. The molecule has 0 amide bonds. The maximum Gasteiger partial charge on any atom is 0.145 e. The molecule has 1 saturated heterocycles. The fourth-order valence-electron chi connectivity index (χ4n) is 2.53. The van der Waals surface area contributed by atoms with Crippen molar-refractivity contribution < 1.29 is 0 Å². The number of hydrogen-bond acceptors (Lipinski definition) is 4. The van der Waals surface area contributed by atoms with E-state index in [-0.39, 0.29) is 15.4 Å². The summed E-state index contributed by atoms with van der Waals surface area (Å²) in [6, 6.07) is 7.75. The van der Waals surface area contributed by atoms with Crippen LogP contribution < -0.4 is 0 Å². The highest BCUT2D eigenvalue weighted by Crippen LogP contribution is 2.59. The number of imidazole rings is 1. The Morgan fingerprint density at radius 3 is 2.95 bits per heavy atom. The first-order valence-electron chi connectivity index (χ1n) is 6.67. The molecule has 7 heteroatoms. The van der Waals surface area contributed by atoms with Gasteiger partial charge < -0.3 is 4.57 Å². The molecule has 1 aliphatic rings. The predicted octanol–water partition coefficient (Wildman–Crippen LogP) is 5.19. The topological polar surface area (TPSA) is 41.6 Å².